The monoisotopic (exact) mass is 220 g/mol. The Balaban J connectivity index is 0. The Morgan fingerprint density at radius 3 is 1.73 bits per heavy atom. The van der Waals surface area contributed by atoms with Crippen molar-refractivity contribution in [2.45, 2.75) is 33.6 Å². The lowest BCUT2D eigenvalue weighted by Crippen LogP contribution is -1.95. The van der Waals surface area contributed by atoms with Gasteiger partial charge in [-0.1, -0.05) is 0 Å². The number of carboxylic acid groups (broad SMARTS) is 1. The Kier molecular flexibility index (Phi) is 14.0. The van der Waals surface area contributed by atoms with E-state index in [-0.39, 0.29) is 5.97 Å². The maximum absolute atomic E-state index is 9.82. The minimum Gasteiger partial charge on any atom is -0.481 e. The van der Waals surface area contributed by atoms with Gasteiger partial charge < -0.3 is 14.6 Å². The molecule has 0 saturated carbocycles. The van der Waals surface area contributed by atoms with Gasteiger partial charge >= 0.3 is 5.97 Å². The fraction of sp³-hybridized carbons (Fsp3) is 0.800. The van der Waals surface area contributed by atoms with Crippen LogP contribution in [0.4, 0.5) is 0 Å². The van der Waals surface area contributed by atoms with E-state index >= 15 is 0 Å². The van der Waals surface area contributed by atoms with Crippen LogP contribution in [0.1, 0.15) is 33.6 Å². The first-order valence-electron chi connectivity index (χ1n) is 4.91. The van der Waals surface area contributed by atoms with Crippen LogP contribution in [0.5, 0.6) is 0 Å². The standard InChI is InChI=1S/C4H8O2.C4H8O.C2H4O2/c1-3-6-4(2)5;1-2-4-5-3-1;1-2(3)4/h3H2,1-2H3;1-4H2;1H3,(H,3,4). The molecule has 5 nitrogen and oxygen atoms in total. The number of hydrogen-bond acceptors (Lipinski definition) is 4. The van der Waals surface area contributed by atoms with Gasteiger partial charge in [0.25, 0.3) is 5.97 Å². The van der Waals surface area contributed by atoms with Gasteiger partial charge in [-0.2, -0.15) is 0 Å². The number of esters is 1. The highest BCUT2D eigenvalue weighted by atomic mass is 16.5. The summed E-state index contributed by atoms with van der Waals surface area (Å²) in [5.41, 5.74) is 0. The Bertz CT molecular complexity index is 152. The van der Waals surface area contributed by atoms with Gasteiger partial charge in [0.1, 0.15) is 0 Å². The summed E-state index contributed by atoms with van der Waals surface area (Å²) in [5.74, 6) is -1.04. The predicted molar refractivity (Wildman–Crippen MR) is 55.7 cm³/mol. The molecule has 1 fully saturated rings. The molecule has 1 heterocycles. The van der Waals surface area contributed by atoms with Gasteiger partial charge in [0.2, 0.25) is 0 Å². The molecule has 0 aromatic carbocycles. The molecule has 1 N–H and O–H groups in total. The zero-order valence-corrected chi connectivity index (χ0v) is 9.62. The zero-order valence-electron chi connectivity index (χ0n) is 9.62. The summed E-state index contributed by atoms with van der Waals surface area (Å²) in [4.78, 5) is 18.8. The Labute approximate surface area is 90.4 Å². The van der Waals surface area contributed by atoms with Gasteiger partial charge in [-0.25, -0.2) is 0 Å². The summed E-state index contributed by atoms with van der Waals surface area (Å²) in [6, 6.07) is 0. The van der Waals surface area contributed by atoms with E-state index in [1.54, 1.807) is 6.92 Å². The lowest BCUT2D eigenvalue weighted by atomic mass is 10.4. The number of carbonyl (C=O) groups is 2. The number of carbonyl (C=O) groups excluding carboxylic acids is 1. The van der Waals surface area contributed by atoms with Crippen LogP contribution in [0.25, 0.3) is 0 Å². The smallest absolute Gasteiger partial charge is 0.302 e. The van der Waals surface area contributed by atoms with E-state index < -0.39 is 5.97 Å². The van der Waals surface area contributed by atoms with Crippen molar-refractivity contribution in [3.05, 3.63) is 0 Å². The Morgan fingerprint density at radius 1 is 1.27 bits per heavy atom. The fourth-order valence-corrected chi connectivity index (χ4v) is 0.714. The van der Waals surface area contributed by atoms with E-state index in [0.29, 0.717) is 6.61 Å². The maximum Gasteiger partial charge on any atom is 0.302 e. The highest BCUT2D eigenvalue weighted by Gasteiger charge is 1.94. The maximum atomic E-state index is 9.82. The fourth-order valence-electron chi connectivity index (χ4n) is 0.714. The molecule has 1 aliphatic heterocycles. The molecule has 0 atom stereocenters. The number of ether oxygens (including phenoxy) is 2. The minimum atomic E-state index is -0.833. The summed E-state index contributed by atoms with van der Waals surface area (Å²) in [6.07, 6.45) is 2.56. The van der Waals surface area contributed by atoms with Gasteiger partial charge in [-0.15, -0.1) is 0 Å². The van der Waals surface area contributed by atoms with Crippen LogP contribution in [-0.4, -0.2) is 36.9 Å². The van der Waals surface area contributed by atoms with Crippen LogP contribution in [0.3, 0.4) is 0 Å². The molecule has 0 bridgehead atoms. The second-order valence-electron chi connectivity index (χ2n) is 2.76. The van der Waals surface area contributed by atoms with Crippen LogP contribution in [0.2, 0.25) is 0 Å². The first-order valence-corrected chi connectivity index (χ1v) is 4.91. The summed E-state index contributed by atoms with van der Waals surface area (Å²) in [5, 5.41) is 7.42. The SMILES string of the molecule is C1CCOC1.CC(=O)O.CCOC(C)=O. The molecule has 0 amide bonds. The molecular formula is C10H20O5. The van der Waals surface area contributed by atoms with Crippen molar-refractivity contribution >= 4 is 11.9 Å². The normalized spacial score (nSPS) is 12.7. The summed E-state index contributed by atoms with van der Waals surface area (Å²) in [7, 11) is 0. The number of aliphatic carboxylic acids is 1. The quantitative estimate of drug-likeness (QED) is 0.677. The average Bonchev–Trinajstić information content (AvgIpc) is 2.58. The molecule has 90 valence electrons. The zero-order chi connectivity index (χ0) is 12.1. The molecule has 0 unspecified atom stereocenters. The summed E-state index contributed by atoms with van der Waals surface area (Å²) >= 11 is 0. The molecule has 1 aliphatic rings. The number of carboxylic acids is 1. The molecule has 0 aromatic heterocycles. The summed E-state index contributed by atoms with van der Waals surface area (Å²) in [6.45, 7) is 6.74. The van der Waals surface area contributed by atoms with Gasteiger partial charge in [-0.3, -0.25) is 9.59 Å². The van der Waals surface area contributed by atoms with Crippen molar-refractivity contribution in [2.75, 3.05) is 19.8 Å². The molecule has 15 heavy (non-hydrogen) atoms. The van der Waals surface area contributed by atoms with Crippen LogP contribution in [-0.2, 0) is 19.1 Å². The highest BCUT2D eigenvalue weighted by molar-refractivity contribution is 5.65. The van der Waals surface area contributed by atoms with Crippen molar-refractivity contribution in [3.63, 3.8) is 0 Å². The highest BCUT2D eigenvalue weighted by Crippen LogP contribution is 1.98. The second-order valence-corrected chi connectivity index (χ2v) is 2.76. The average molecular weight is 220 g/mol. The molecular weight excluding hydrogens is 200 g/mol. The lowest BCUT2D eigenvalue weighted by molar-refractivity contribution is -0.140. The molecule has 0 aliphatic carbocycles. The largest absolute Gasteiger partial charge is 0.481 e. The molecule has 5 heteroatoms. The minimum absolute atomic E-state index is 0.211. The van der Waals surface area contributed by atoms with Crippen molar-refractivity contribution < 1.29 is 24.2 Å². The lowest BCUT2D eigenvalue weighted by Gasteiger charge is -1.89. The van der Waals surface area contributed by atoms with E-state index in [4.69, 9.17) is 14.6 Å². The van der Waals surface area contributed by atoms with Gasteiger partial charge in [0.15, 0.2) is 0 Å². The Morgan fingerprint density at radius 2 is 1.67 bits per heavy atom. The van der Waals surface area contributed by atoms with Crippen LogP contribution >= 0.6 is 0 Å². The van der Waals surface area contributed by atoms with Crippen molar-refractivity contribution in [1.82, 2.24) is 0 Å². The van der Waals surface area contributed by atoms with Gasteiger partial charge in [0, 0.05) is 27.1 Å². The van der Waals surface area contributed by atoms with Gasteiger partial charge in [-0.05, 0) is 19.8 Å². The number of hydrogen-bond donors (Lipinski definition) is 1. The first-order chi connectivity index (χ1) is 7.00. The first kappa shape index (κ1) is 16.3. The van der Waals surface area contributed by atoms with Crippen LogP contribution in [0.15, 0.2) is 0 Å². The second kappa shape index (κ2) is 12.9. The third-order valence-corrected chi connectivity index (χ3v) is 1.17. The van der Waals surface area contributed by atoms with E-state index in [2.05, 4.69) is 4.74 Å². The predicted octanol–water partition coefficient (Wildman–Crippen LogP) is 1.46. The van der Waals surface area contributed by atoms with Crippen molar-refractivity contribution in [3.8, 4) is 0 Å². The summed E-state index contributed by atoms with van der Waals surface area (Å²) < 4.78 is 9.35. The van der Waals surface area contributed by atoms with E-state index in [0.717, 1.165) is 20.1 Å². The van der Waals surface area contributed by atoms with E-state index in [9.17, 15) is 4.79 Å². The Hall–Kier alpha value is -1.10. The molecule has 0 spiro atoms. The van der Waals surface area contributed by atoms with E-state index in [1.807, 2.05) is 0 Å². The number of rotatable bonds is 1. The third-order valence-electron chi connectivity index (χ3n) is 1.17. The van der Waals surface area contributed by atoms with Crippen LogP contribution in [0, 0.1) is 0 Å². The molecule has 0 aromatic rings. The topological polar surface area (TPSA) is 72.8 Å². The molecule has 0 radical (unpaired) electrons. The van der Waals surface area contributed by atoms with Crippen LogP contribution < -0.4 is 0 Å². The molecule has 1 rings (SSSR count). The van der Waals surface area contributed by atoms with Crippen molar-refractivity contribution in [2.24, 2.45) is 0 Å². The third kappa shape index (κ3) is 32.2. The van der Waals surface area contributed by atoms with Crippen molar-refractivity contribution in [1.29, 1.82) is 0 Å². The van der Waals surface area contributed by atoms with Gasteiger partial charge in [0.05, 0.1) is 6.61 Å². The van der Waals surface area contributed by atoms with E-state index in [1.165, 1.54) is 19.8 Å². The molecule has 1 saturated heterocycles.